The van der Waals surface area contributed by atoms with Gasteiger partial charge in [-0.25, -0.2) is 4.79 Å². The van der Waals surface area contributed by atoms with Crippen LogP contribution in [0.5, 0.6) is 0 Å². The highest BCUT2D eigenvalue weighted by molar-refractivity contribution is 7.15. The number of carbonyl (C=O) groups excluding carboxylic acids is 3. The smallest absolute Gasteiger partial charge is 0.322 e. The van der Waals surface area contributed by atoms with Gasteiger partial charge in [0.15, 0.2) is 0 Å². The molecule has 1 aliphatic heterocycles. The van der Waals surface area contributed by atoms with Gasteiger partial charge in [-0.3, -0.25) is 14.5 Å². The number of rotatable bonds is 5. The number of likely N-dealkylation sites (N-methyl/N-ethyl adjacent to an activating group) is 1. The first-order chi connectivity index (χ1) is 16.9. The summed E-state index contributed by atoms with van der Waals surface area (Å²) in [5.41, 5.74) is 5.63. The third-order valence-electron chi connectivity index (χ3n) is 6.66. The third kappa shape index (κ3) is 4.08. The zero-order valence-corrected chi connectivity index (χ0v) is 20.9. The van der Waals surface area contributed by atoms with E-state index >= 15 is 0 Å². The number of imide groups is 1. The fourth-order valence-corrected chi connectivity index (χ4v) is 6.42. The molecule has 0 atom stereocenters. The van der Waals surface area contributed by atoms with Crippen LogP contribution in [0.2, 0.25) is 0 Å². The molecule has 0 radical (unpaired) electrons. The fourth-order valence-electron chi connectivity index (χ4n) is 4.92. The maximum absolute atomic E-state index is 13.6. The van der Waals surface area contributed by atoms with Crippen molar-refractivity contribution >= 4 is 40.9 Å². The Hall–Kier alpha value is -3.65. The quantitative estimate of drug-likeness (QED) is 0.383. The van der Waals surface area contributed by atoms with Gasteiger partial charge in [0.2, 0.25) is 0 Å². The lowest BCUT2D eigenvalue weighted by molar-refractivity contribution is -0.122. The molecule has 7 nitrogen and oxygen atoms in total. The molecule has 2 aliphatic rings. The standard InChI is InChI=1S/C27H28N4O3S/c1-4-30-25(33)21(29-27(30)34)15-18-14-16(2)31(17(18)3)26-23(20-12-8-9-13-22(20)35-26)24(32)28-19-10-6-5-7-11-19/h5-7,10-11,14-15H,4,8-9,12-13H2,1-3H3,(H,28,32)(H,29,34)/b21-15+. The van der Waals surface area contributed by atoms with Crippen molar-refractivity contribution in [2.75, 3.05) is 11.9 Å². The number of nitrogens with zero attached hydrogens (tertiary/aromatic N) is 2. The number of carbonyl (C=O) groups is 3. The van der Waals surface area contributed by atoms with E-state index in [4.69, 9.17) is 0 Å². The van der Waals surface area contributed by atoms with Gasteiger partial charge in [-0.2, -0.15) is 0 Å². The van der Waals surface area contributed by atoms with Crippen LogP contribution >= 0.6 is 11.3 Å². The third-order valence-corrected chi connectivity index (χ3v) is 7.94. The Balaban J connectivity index is 1.58. The first kappa shape index (κ1) is 23.1. The van der Waals surface area contributed by atoms with Crippen molar-refractivity contribution in [1.82, 2.24) is 14.8 Å². The van der Waals surface area contributed by atoms with E-state index in [9.17, 15) is 14.4 Å². The van der Waals surface area contributed by atoms with E-state index in [1.807, 2.05) is 50.2 Å². The van der Waals surface area contributed by atoms with Gasteiger partial charge in [0.05, 0.1) is 5.56 Å². The van der Waals surface area contributed by atoms with Gasteiger partial charge in [-0.1, -0.05) is 18.2 Å². The van der Waals surface area contributed by atoms with E-state index in [1.165, 1.54) is 9.78 Å². The molecule has 3 heterocycles. The van der Waals surface area contributed by atoms with Crippen LogP contribution in [-0.2, 0) is 17.6 Å². The maximum atomic E-state index is 13.6. The summed E-state index contributed by atoms with van der Waals surface area (Å²) < 4.78 is 2.11. The summed E-state index contributed by atoms with van der Waals surface area (Å²) in [6.07, 6.45) is 5.81. The SMILES string of the molecule is CCN1C(=O)N/C(=C/c2cc(C)n(-c3sc4c(c3C(=O)Nc3ccccc3)CCCC4)c2C)C1=O. The normalized spacial score (nSPS) is 16.5. The second-order valence-electron chi connectivity index (χ2n) is 8.91. The van der Waals surface area contributed by atoms with Gasteiger partial charge in [0.25, 0.3) is 11.8 Å². The zero-order chi connectivity index (χ0) is 24.7. The molecule has 4 amide bonds. The van der Waals surface area contributed by atoms with Crippen LogP contribution in [0.4, 0.5) is 10.5 Å². The minimum atomic E-state index is -0.400. The Kier molecular flexibility index (Phi) is 6.06. The number of fused-ring (bicyclic) bond motifs is 1. The number of aromatic nitrogens is 1. The predicted octanol–water partition coefficient (Wildman–Crippen LogP) is 5.20. The van der Waals surface area contributed by atoms with Crippen LogP contribution in [0.15, 0.2) is 42.1 Å². The van der Waals surface area contributed by atoms with E-state index in [1.54, 1.807) is 24.3 Å². The lowest BCUT2D eigenvalue weighted by Gasteiger charge is -2.14. The molecule has 1 saturated heterocycles. The molecule has 2 aromatic heterocycles. The van der Waals surface area contributed by atoms with Crippen molar-refractivity contribution in [1.29, 1.82) is 0 Å². The molecule has 2 N–H and O–H groups in total. The molecular weight excluding hydrogens is 460 g/mol. The molecule has 1 aromatic carbocycles. The Labute approximate surface area is 208 Å². The molecule has 0 unspecified atom stereocenters. The van der Waals surface area contributed by atoms with Crippen LogP contribution in [0.3, 0.4) is 0 Å². The summed E-state index contributed by atoms with van der Waals surface area (Å²) >= 11 is 1.68. The summed E-state index contributed by atoms with van der Waals surface area (Å²) in [6, 6.07) is 11.1. The molecule has 5 rings (SSSR count). The number of benzene rings is 1. The maximum Gasteiger partial charge on any atom is 0.328 e. The highest BCUT2D eigenvalue weighted by Crippen LogP contribution is 2.39. The number of thiophene rings is 1. The topological polar surface area (TPSA) is 83.4 Å². The molecule has 3 aromatic rings. The highest BCUT2D eigenvalue weighted by Gasteiger charge is 2.33. The molecule has 0 saturated carbocycles. The van der Waals surface area contributed by atoms with Crippen LogP contribution < -0.4 is 10.6 Å². The van der Waals surface area contributed by atoms with Gasteiger partial charge >= 0.3 is 6.03 Å². The number of para-hydroxylation sites is 1. The lowest BCUT2D eigenvalue weighted by atomic mass is 9.95. The molecule has 35 heavy (non-hydrogen) atoms. The summed E-state index contributed by atoms with van der Waals surface area (Å²) in [5, 5.41) is 6.65. The summed E-state index contributed by atoms with van der Waals surface area (Å²) in [6.45, 7) is 6.07. The van der Waals surface area contributed by atoms with Gasteiger partial charge in [0.1, 0.15) is 10.7 Å². The number of amides is 4. The largest absolute Gasteiger partial charge is 0.328 e. The number of hydrogen-bond donors (Lipinski definition) is 2. The Bertz CT molecular complexity index is 1370. The van der Waals surface area contributed by atoms with E-state index in [0.717, 1.165) is 64.4 Å². The van der Waals surface area contributed by atoms with Crippen LogP contribution in [0, 0.1) is 13.8 Å². The van der Waals surface area contributed by atoms with E-state index in [2.05, 4.69) is 15.2 Å². The van der Waals surface area contributed by atoms with E-state index in [-0.39, 0.29) is 17.5 Å². The Morgan fingerprint density at radius 3 is 2.60 bits per heavy atom. The Morgan fingerprint density at radius 2 is 1.89 bits per heavy atom. The van der Waals surface area contributed by atoms with Crippen molar-refractivity contribution in [2.45, 2.75) is 46.5 Å². The van der Waals surface area contributed by atoms with Crippen molar-refractivity contribution in [2.24, 2.45) is 0 Å². The molecule has 0 spiro atoms. The average molecular weight is 489 g/mol. The van der Waals surface area contributed by atoms with Gasteiger partial charge in [-0.15, -0.1) is 11.3 Å². The van der Waals surface area contributed by atoms with Crippen molar-refractivity contribution in [3.63, 3.8) is 0 Å². The summed E-state index contributed by atoms with van der Waals surface area (Å²) in [4.78, 5) is 40.7. The number of aryl methyl sites for hydroxylation is 2. The zero-order valence-electron chi connectivity index (χ0n) is 20.1. The highest BCUT2D eigenvalue weighted by atomic mass is 32.1. The first-order valence-electron chi connectivity index (χ1n) is 11.9. The molecule has 180 valence electrons. The van der Waals surface area contributed by atoms with E-state index < -0.39 is 6.03 Å². The molecular formula is C27H28N4O3S. The minimum absolute atomic E-state index is 0.102. The van der Waals surface area contributed by atoms with E-state index in [0.29, 0.717) is 6.54 Å². The van der Waals surface area contributed by atoms with Crippen LogP contribution in [0.25, 0.3) is 11.1 Å². The molecule has 1 aliphatic carbocycles. The minimum Gasteiger partial charge on any atom is -0.322 e. The summed E-state index contributed by atoms with van der Waals surface area (Å²) in [7, 11) is 0. The van der Waals surface area contributed by atoms with Crippen molar-refractivity contribution in [3.8, 4) is 5.00 Å². The lowest BCUT2D eigenvalue weighted by Crippen LogP contribution is -2.30. The summed E-state index contributed by atoms with van der Waals surface area (Å²) in [5.74, 6) is -0.424. The first-order valence-corrected chi connectivity index (χ1v) is 12.8. The molecule has 1 fully saturated rings. The molecule has 0 bridgehead atoms. The van der Waals surface area contributed by atoms with Gasteiger partial charge in [0, 0.05) is 28.5 Å². The van der Waals surface area contributed by atoms with Crippen LogP contribution in [0.1, 0.15) is 57.5 Å². The van der Waals surface area contributed by atoms with Gasteiger partial charge in [-0.05, 0) is 81.9 Å². The number of hydrogen-bond acceptors (Lipinski definition) is 4. The van der Waals surface area contributed by atoms with Crippen molar-refractivity contribution in [3.05, 3.63) is 75.1 Å². The second kappa shape index (κ2) is 9.19. The number of nitrogens with one attached hydrogen (secondary N) is 2. The Morgan fingerprint density at radius 1 is 1.14 bits per heavy atom. The molecule has 8 heteroatoms. The van der Waals surface area contributed by atoms with Crippen molar-refractivity contribution < 1.29 is 14.4 Å². The number of urea groups is 1. The monoisotopic (exact) mass is 488 g/mol. The number of anilines is 1. The predicted molar refractivity (Wildman–Crippen MR) is 138 cm³/mol. The van der Waals surface area contributed by atoms with Gasteiger partial charge < -0.3 is 15.2 Å². The van der Waals surface area contributed by atoms with Crippen LogP contribution in [-0.4, -0.2) is 33.9 Å². The fraction of sp³-hybridized carbons (Fsp3) is 0.296. The second-order valence-corrected chi connectivity index (χ2v) is 9.99. The average Bonchev–Trinajstić information content (AvgIpc) is 3.44.